The Balaban J connectivity index is 2.21. The van der Waals surface area contributed by atoms with Crippen LogP contribution < -0.4 is 0 Å². The third-order valence-corrected chi connectivity index (χ3v) is 2.15. The fourth-order valence-electron chi connectivity index (χ4n) is 1.44. The molecule has 0 aliphatic carbocycles. The van der Waals surface area contributed by atoms with Gasteiger partial charge in [0, 0.05) is 24.6 Å². The van der Waals surface area contributed by atoms with Crippen LogP contribution in [0.1, 0.15) is 11.3 Å². The van der Waals surface area contributed by atoms with Gasteiger partial charge in [0.1, 0.15) is 5.76 Å². The molecule has 1 aromatic carbocycles. The van der Waals surface area contributed by atoms with Crippen LogP contribution in [0.5, 0.6) is 5.95 Å². The zero-order valence-electron chi connectivity index (χ0n) is 8.29. The van der Waals surface area contributed by atoms with E-state index >= 15 is 0 Å². The quantitative estimate of drug-likeness (QED) is 0.635. The van der Waals surface area contributed by atoms with E-state index in [1.807, 2.05) is 0 Å². The summed E-state index contributed by atoms with van der Waals surface area (Å²) < 4.78 is 4.97. The van der Waals surface area contributed by atoms with Crippen LogP contribution in [0.15, 0.2) is 40.8 Å². The van der Waals surface area contributed by atoms with E-state index in [1.54, 1.807) is 18.2 Å². The number of furan rings is 1. The molecule has 1 heterocycles. The topological polar surface area (TPSA) is 76.5 Å². The fraction of sp³-hybridized carbons (Fsp3) is 0.0909. The molecule has 0 spiro atoms. The van der Waals surface area contributed by atoms with Crippen molar-refractivity contribution < 1.29 is 14.4 Å². The van der Waals surface area contributed by atoms with E-state index in [-0.39, 0.29) is 11.6 Å². The first kappa shape index (κ1) is 10.2. The van der Waals surface area contributed by atoms with Gasteiger partial charge in [-0.2, -0.15) is 0 Å². The van der Waals surface area contributed by atoms with Crippen molar-refractivity contribution in [2.24, 2.45) is 0 Å². The van der Waals surface area contributed by atoms with E-state index in [9.17, 15) is 10.1 Å². The van der Waals surface area contributed by atoms with Crippen LogP contribution in [0.25, 0.3) is 0 Å². The lowest BCUT2D eigenvalue weighted by atomic mass is 10.1. The SMILES string of the molecule is O=[N+]([O-])c1cccc(Cc2ccc(O)o2)c1. The van der Waals surface area contributed by atoms with Gasteiger partial charge in [0.2, 0.25) is 0 Å². The normalized spacial score (nSPS) is 10.2. The number of aromatic hydroxyl groups is 1. The highest BCUT2D eigenvalue weighted by Gasteiger charge is 2.07. The van der Waals surface area contributed by atoms with Crippen molar-refractivity contribution >= 4 is 5.69 Å². The lowest BCUT2D eigenvalue weighted by Crippen LogP contribution is -1.90. The maximum absolute atomic E-state index is 10.6. The van der Waals surface area contributed by atoms with Crippen LogP contribution in [0, 0.1) is 10.1 Å². The molecule has 0 aliphatic rings. The van der Waals surface area contributed by atoms with Crippen LogP contribution in [-0.2, 0) is 6.42 Å². The summed E-state index contributed by atoms with van der Waals surface area (Å²) in [6.45, 7) is 0. The second-order valence-corrected chi connectivity index (χ2v) is 3.34. The van der Waals surface area contributed by atoms with Gasteiger partial charge in [0.15, 0.2) is 0 Å². The first-order valence-corrected chi connectivity index (χ1v) is 4.66. The molecule has 0 atom stereocenters. The Labute approximate surface area is 91.1 Å². The number of hydrogen-bond acceptors (Lipinski definition) is 4. The molecule has 2 aromatic rings. The minimum atomic E-state index is -0.441. The van der Waals surface area contributed by atoms with Crippen molar-refractivity contribution in [3.05, 3.63) is 57.8 Å². The summed E-state index contributed by atoms with van der Waals surface area (Å²) in [6.07, 6.45) is 0.419. The van der Waals surface area contributed by atoms with E-state index < -0.39 is 4.92 Å². The highest BCUT2D eigenvalue weighted by atomic mass is 16.6. The number of hydrogen-bond donors (Lipinski definition) is 1. The van der Waals surface area contributed by atoms with Crippen molar-refractivity contribution in [2.75, 3.05) is 0 Å². The molecule has 0 unspecified atom stereocenters. The Kier molecular flexibility index (Phi) is 2.59. The number of nitrogens with zero attached hydrogens (tertiary/aromatic N) is 1. The molecule has 0 fully saturated rings. The second-order valence-electron chi connectivity index (χ2n) is 3.34. The molecule has 82 valence electrons. The number of non-ortho nitro benzene ring substituents is 1. The highest BCUT2D eigenvalue weighted by molar-refractivity contribution is 5.35. The molecule has 5 nitrogen and oxygen atoms in total. The Morgan fingerprint density at radius 2 is 2.12 bits per heavy atom. The van der Waals surface area contributed by atoms with Gasteiger partial charge in [-0.05, 0) is 11.6 Å². The summed E-state index contributed by atoms with van der Waals surface area (Å²) in [5.74, 6) is 0.415. The minimum Gasteiger partial charge on any atom is -0.481 e. The number of benzene rings is 1. The average molecular weight is 219 g/mol. The van der Waals surface area contributed by atoms with Gasteiger partial charge < -0.3 is 9.52 Å². The molecule has 16 heavy (non-hydrogen) atoms. The van der Waals surface area contributed by atoms with Crippen molar-refractivity contribution in [2.45, 2.75) is 6.42 Å². The summed E-state index contributed by atoms with van der Waals surface area (Å²) in [5, 5.41) is 19.6. The lowest BCUT2D eigenvalue weighted by Gasteiger charge is -1.98. The smallest absolute Gasteiger partial charge is 0.281 e. The standard InChI is InChI=1S/C11H9NO4/c13-11-5-4-10(16-11)7-8-2-1-3-9(6-8)12(14)15/h1-6,13H,7H2. The van der Waals surface area contributed by atoms with Crippen molar-refractivity contribution in [3.8, 4) is 5.95 Å². The van der Waals surface area contributed by atoms with Crippen LogP contribution in [0.4, 0.5) is 5.69 Å². The number of nitro groups is 1. The second kappa shape index (κ2) is 4.06. The molecule has 2 rings (SSSR count). The number of nitro benzene ring substituents is 1. The van der Waals surface area contributed by atoms with Gasteiger partial charge in [-0.15, -0.1) is 0 Å². The Morgan fingerprint density at radius 1 is 1.31 bits per heavy atom. The Hall–Kier alpha value is -2.30. The van der Waals surface area contributed by atoms with Crippen LogP contribution in [0.2, 0.25) is 0 Å². The van der Waals surface area contributed by atoms with E-state index in [1.165, 1.54) is 18.2 Å². The molecule has 0 amide bonds. The molecule has 0 radical (unpaired) electrons. The summed E-state index contributed by atoms with van der Waals surface area (Å²) in [6, 6.07) is 9.38. The summed E-state index contributed by atoms with van der Waals surface area (Å²) >= 11 is 0. The predicted octanol–water partition coefficient (Wildman–Crippen LogP) is 2.48. The first-order chi connectivity index (χ1) is 7.65. The average Bonchev–Trinajstić information content (AvgIpc) is 2.64. The molecule has 0 aliphatic heterocycles. The van der Waals surface area contributed by atoms with Gasteiger partial charge in [-0.3, -0.25) is 10.1 Å². The molecule has 0 saturated heterocycles. The van der Waals surface area contributed by atoms with Gasteiger partial charge in [-0.1, -0.05) is 12.1 Å². The predicted molar refractivity (Wildman–Crippen MR) is 56.3 cm³/mol. The van der Waals surface area contributed by atoms with Crippen LogP contribution in [0.3, 0.4) is 0 Å². The zero-order valence-corrected chi connectivity index (χ0v) is 8.29. The molecule has 1 N–H and O–H groups in total. The first-order valence-electron chi connectivity index (χ1n) is 4.66. The fourth-order valence-corrected chi connectivity index (χ4v) is 1.44. The van der Waals surface area contributed by atoms with Crippen LogP contribution >= 0.6 is 0 Å². The van der Waals surface area contributed by atoms with E-state index in [2.05, 4.69) is 0 Å². The molecule has 5 heteroatoms. The Bertz CT molecular complexity index is 518. The summed E-state index contributed by atoms with van der Waals surface area (Å²) in [7, 11) is 0. The monoisotopic (exact) mass is 219 g/mol. The highest BCUT2D eigenvalue weighted by Crippen LogP contribution is 2.19. The van der Waals surface area contributed by atoms with Gasteiger partial charge in [-0.25, -0.2) is 0 Å². The molecular formula is C11H9NO4. The largest absolute Gasteiger partial charge is 0.481 e. The number of rotatable bonds is 3. The van der Waals surface area contributed by atoms with E-state index in [4.69, 9.17) is 9.52 Å². The van der Waals surface area contributed by atoms with Crippen molar-refractivity contribution in [1.82, 2.24) is 0 Å². The maximum Gasteiger partial charge on any atom is 0.281 e. The maximum atomic E-state index is 10.6. The lowest BCUT2D eigenvalue weighted by molar-refractivity contribution is -0.384. The van der Waals surface area contributed by atoms with Crippen LogP contribution in [-0.4, -0.2) is 10.0 Å². The van der Waals surface area contributed by atoms with Gasteiger partial charge in [0.05, 0.1) is 4.92 Å². The van der Waals surface area contributed by atoms with Crippen molar-refractivity contribution in [3.63, 3.8) is 0 Å². The van der Waals surface area contributed by atoms with Gasteiger partial charge >= 0.3 is 0 Å². The van der Waals surface area contributed by atoms with E-state index in [0.29, 0.717) is 12.2 Å². The minimum absolute atomic E-state index is 0.0493. The third kappa shape index (κ3) is 2.20. The van der Waals surface area contributed by atoms with Crippen molar-refractivity contribution in [1.29, 1.82) is 0 Å². The third-order valence-electron chi connectivity index (χ3n) is 2.15. The molecule has 1 aromatic heterocycles. The van der Waals surface area contributed by atoms with E-state index in [0.717, 1.165) is 5.56 Å². The summed E-state index contributed by atoms with van der Waals surface area (Å²) in [5.41, 5.74) is 0.817. The molecular weight excluding hydrogens is 210 g/mol. The molecule has 0 bridgehead atoms. The van der Waals surface area contributed by atoms with Gasteiger partial charge in [0.25, 0.3) is 11.6 Å². The molecule has 0 saturated carbocycles. The zero-order chi connectivity index (χ0) is 11.5. The Morgan fingerprint density at radius 3 is 2.75 bits per heavy atom. The summed E-state index contributed by atoms with van der Waals surface area (Å²) in [4.78, 5) is 10.1.